The van der Waals surface area contributed by atoms with Crippen LogP contribution < -0.4 is 0 Å². The van der Waals surface area contributed by atoms with Crippen LogP contribution in [0, 0.1) is 0 Å². The quantitative estimate of drug-likeness (QED) is 0.273. The zero-order valence-electron chi connectivity index (χ0n) is 15.9. The molecule has 0 saturated heterocycles. The van der Waals surface area contributed by atoms with E-state index in [4.69, 9.17) is 32.4 Å². The van der Waals surface area contributed by atoms with Gasteiger partial charge in [0.1, 0.15) is 0 Å². The Labute approximate surface area is 187 Å². The fourth-order valence-corrected chi connectivity index (χ4v) is 3.08. The van der Waals surface area contributed by atoms with Gasteiger partial charge in [-0.05, 0) is 48.5 Å². The molecular formula is C23H14Cl2N2O4. The molecule has 0 N–H and O–H groups in total. The summed E-state index contributed by atoms with van der Waals surface area (Å²) in [6.45, 7) is -0.431. The summed E-state index contributed by atoms with van der Waals surface area (Å²) in [4.78, 5) is 24.7. The Morgan fingerprint density at radius 2 is 1.48 bits per heavy atom. The number of esters is 1. The van der Waals surface area contributed by atoms with Crippen molar-refractivity contribution in [3.05, 3.63) is 94.0 Å². The van der Waals surface area contributed by atoms with Gasteiger partial charge in [0.2, 0.25) is 11.8 Å². The number of Topliss-reactive ketones (excluding diaryl/α,β-unsaturated/α-hetero) is 1. The summed E-state index contributed by atoms with van der Waals surface area (Å²) in [6.07, 6.45) is 0. The molecule has 1 heterocycles. The number of ether oxygens (including phenoxy) is 1. The molecule has 0 saturated carbocycles. The lowest BCUT2D eigenvalue weighted by atomic mass is 10.1. The first-order chi connectivity index (χ1) is 15.0. The fourth-order valence-electron chi connectivity index (χ4n) is 2.78. The van der Waals surface area contributed by atoms with Crippen LogP contribution in [0.3, 0.4) is 0 Å². The number of halogens is 2. The molecule has 8 heteroatoms. The van der Waals surface area contributed by atoms with Crippen LogP contribution in [-0.2, 0) is 4.74 Å². The van der Waals surface area contributed by atoms with Crippen molar-refractivity contribution < 1.29 is 18.7 Å². The van der Waals surface area contributed by atoms with Crippen molar-refractivity contribution in [1.29, 1.82) is 0 Å². The molecule has 0 radical (unpaired) electrons. The molecule has 0 aliphatic rings. The van der Waals surface area contributed by atoms with Gasteiger partial charge in [-0.25, -0.2) is 4.79 Å². The molecule has 6 nitrogen and oxygen atoms in total. The van der Waals surface area contributed by atoms with Crippen molar-refractivity contribution in [2.45, 2.75) is 0 Å². The second kappa shape index (κ2) is 9.12. The van der Waals surface area contributed by atoms with E-state index in [1.807, 2.05) is 30.3 Å². The van der Waals surface area contributed by atoms with Crippen LogP contribution in [0.5, 0.6) is 0 Å². The van der Waals surface area contributed by atoms with Crippen molar-refractivity contribution in [2.24, 2.45) is 0 Å². The van der Waals surface area contributed by atoms with Gasteiger partial charge < -0.3 is 9.15 Å². The highest BCUT2D eigenvalue weighted by Gasteiger charge is 2.16. The van der Waals surface area contributed by atoms with Crippen molar-refractivity contribution in [2.75, 3.05) is 6.61 Å². The topological polar surface area (TPSA) is 82.3 Å². The van der Waals surface area contributed by atoms with Crippen molar-refractivity contribution in [1.82, 2.24) is 10.2 Å². The molecule has 0 aliphatic heterocycles. The molecule has 0 spiro atoms. The molecule has 0 aliphatic carbocycles. The highest BCUT2D eigenvalue weighted by molar-refractivity contribution is 6.42. The first-order valence-corrected chi connectivity index (χ1v) is 9.91. The van der Waals surface area contributed by atoms with Crippen LogP contribution in [0.25, 0.3) is 22.9 Å². The lowest BCUT2D eigenvalue weighted by Crippen LogP contribution is -2.14. The van der Waals surface area contributed by atoms with Crippen molar-refractivity contribution in [3.63, 3.8) is 0 Å². The van der Waals surface area contributed by atoms with E-state index in [-0.39, 0.29) is 16.5 Å². The normalized spacial score (nSPS) is 10.6. The first kappa shape index (κ1) is 20.8. The van der Waals surface area contributed by atoms with Gasteiger partial charge >= 0.3 is 5.97 Å². The smallest absolute Gasteiger partial charge is 0.338 e. The van der Waals surface area contributed by atoms with Crippen molar-refractivity contribution in [3.8, 4) is 22.9 Å². The van der Waals surface area contributed by atoms with E-state index in [0.29, 0.717) is 22.0 Å². The maximum atomic E-state index is 12.4. The summed E-state index contributed by atoms with van der Waals surface area (Å²) in [7, 11) is 0. The standard InChI is InChI=1S/C23H14Cl2N2O4/c24-18-10-9-15(12-19(18)25)20(28)13-30-23(29)17-8-4-7-16(11-17)22-27-26-21(31-22)14-5-2-1-3-6-14/h1-12H,13H2. The summed E-state index contributed by atoms with van der Waals surface area (Å²) >= 11 is 11.8. The second-order valence-electron chi connectivity index (χ2n) is 6.49. The largest absolute Gasteiger partial charge is 0.454 e. The molecule has 4 aromatic rings. The molecule has 1 aromatic heterocycles. The fraction of sp³-hybridized carbons (Fsp3) is 0.0435. The minimum Gasteiger partial charge on any atom is -0.454 e. The van der Waals surface area contributed by atoms with Crippen LogP contribution in [0.1, 0.15) is 20.7 Å². The van der Waals surface area contributed by atoms with Crippen LogP contribution in [0.4, 0.5) is 0 Å². The number of carbonyl (C=O) groups excluding carboxylic acids is 2. The van der Waals surface area contributed by atoms with Crippen LogP contribution in [-0.4, -0.2) is 28.6 Å². The summed E-state index contributed by atoms with van der Waals surface area (Å²) < 4.78 is 10.9. The van der Waals surface area contributed by atoms with E-state index >= 15 is 0 Å². The Balaban J connectivity index is 1.45. The van der Waals surface area contributed by atoms with Crippen LogP contribution >= 0.6 is 23.2 Å². The number of nitrogens with zero attached hydrogens (tertiary/aromatic N) is 2. The molecular weight excluding hydrogens is 439 g/mol. The number of aromatic nitrogens is 2. The molecule has 154 valence electrons. The molecule has 3 aromatic carbocycles. The minimum atomic E-state index is -0.655. The van der Waals surface area contributed by atoms with Gasteiger partial charge in [-0.15, -0.1) is 10.2 Å². The number of hydrogen-bond acceptors (Lipinski definition) is 6. The van der Waals surface area contributed by atoms with Crippen molar-refractivity contribution >= 4 is 35.0 Å². The monoisotopic (exact) mass is 452 g/mol. The Morgan fingerprint density at radius 1 is 0.774 bits per heavy atom. The summed E-state index contributed by atoms with van der Waals surface area (Å²) in [5, 5.41) is 8.68. The lowest BCUT2D eigenvalue weighted by Gasteiger charge is -2.06. The number of carbonyl (C=O) groups is 2. The molecule has 0 fully saturated rings. The molecule has 0 bridgehead atoms. The third-order valence-corrected chi connectivity index (χ3v) is 5.11. The first-order valence-electron chi connectivity index (χ1n) is 9.16. The predicted molar refractivity (Wildman–Crippen MR) is 116 cm³/mol. The van der Waals surface area contributed by atoms with Gasteiger partial charge in [-0.1, -0.05) is 47.5 Å². The molecule has 0 unspecified atom stereocenters. The predicted octanol–water partition coefficient (Wildman–Crippen LogP) is 5.75. The zero-order valence-corrected chi connectivity index (χ0v) is 17.4. The van der Waals surface area contributed by atoms with Gasteiger partial charge in [-0.2, -0.15) is 0 Å². The van der Waals surface area contributed by atoms with E-state index < -0.39 is 18.4 Å². The van der Waals surface area contributed by atoms with Gasteiger partial charge in [-0.3, -0.25) is 4.79 Å². The van der Waals surface area contributed by atoms with Gasteiger partial charge in [0, 0.05) is 16.7 Å². The maximum Gasteiger partial charge on any atom is 0.338 e. The number of hydrogen-bond donors (Lipinski definition) is 0. The van der Waals surface area contributed by atoms with Gasteiger partial charge in [0.05, 0.1) is 15.6 Å². The second-order valence-corrected chi connectivity index (χ2v) is 7.30. The molecule has 31 heavy (non-hydrogen) atoms. The van der Waals surface area contributed by atoms with Crippen LogP contribution in [0.15, 0.2) is 77.2 Å². The highest BCUT2D eigenvalue weighted by atomic mass is 35.5. The van der Waals surface area contributed by atoms with Gasteiger partial charge in [0.15, 0.2) is 12.4 Å². The number of ketones is 1. The van der Waals surface area contributed by atoms with Crippen LogP contribution in [0.2, 0.25) is 10.0 Å². The average Bonchev–Trinajstić information content (AvgIpc) is 3.30. The highest BCUT2D eigenvalue weighted by Crippen LogP contribution is 2.25. The SMILES string of the molecule is O=C(COC(=O)c1cccc(-c2nnc(-c3ccccc3)o2)c1)c1ccc(Cl)c(Cl)c1. The average molecular weight is 453 g/mol. The Kier molecular flexibility index (Phi) is 6.11. The maximum absolute atomic E-state index is 12.4. The summed E-state index contributed by atoms with van der Waals surface area (Å²) in [5.41, 5.74) is 1.90. The molecule has 0 amide bonds. The summed E-state index contributed by atoms with van der Waals surface area (Å²) in [6, 6.07) is 20.3. The third-order valence-electron chi connectivity index (χ3n) is 4.37. The number of rotatable bonds is 6. The Morgan fingerprint density at radius 3 is 2.23 bits per heavy atom. The molecule has 0 atom stereocenters. The van der Waals surface area contributed by atoms with E-state index in [0.717, 1.165) is 5.56 Å². The van der Waals surface area contributed by atoms with Gasteiger partial charge in [0.25, 0.3) is 0 Å². The zero-order chi connectivity index (χ0) is 21.8. The van der Waals surface area contributed by atoms with E-state index in [1.54, 1.807) is 24.3 Å². The minimum absolute atomic E-state index is 0.249. The number of benzene rings is 3. The Hall–Kier alpha value is -3.48. The van der Waals surface area contributed by atoms with E-state index in [1.165, 1.54) is 18.2 Å². The Bertz CT molecular complexity index is 1260. The van der Waals surface area contributed by atoms with E-state index in [9.17, 15) is 9.59 Å². The lowest BCUT2D eigenvalue weighted by molar-refractivity contribution is 0.0475. The summed E-state index contributed by atoms with van der Waals surface area (Å²) in [5.74, 6) is -0.415. The molecule has 4 rings (SSSR count). The third kappa shape index (κ3) is 4.82. The van der Waals surface area contributed by atoms with E-state index in [2.05, 4.69) is 10.2 Å².